The van der Waals surface area contributed by atoms with Crippen LogP contribution in [0.1, 0.15) is 213 Å². The molecular formula is C54H95O13P. The molecule has 0 heterocycles. The molecule has 0 spiro atoms. The van der Waals surface area contributed by atoms with Crippen LogP contribution in [0.3, 0.4) is 0 Å². The van der Waals surface area contributed by atoms with Gasteiger partial charge in [0.05, 0.1) is 6.61 Å². The van der Waals surface area contributed by atoms with Crippen molar-refractivity contribution in [1.82, 2.24) is 0 Å². The second kappa shape index (κ2) is 43.3. The van der Waals surface area contributed by atoms with Gasteiger partial charge in [-0.3, -0.25) is 18.6 Å². The molecule has 394 valence electrons. The van der Waals surface area contributed by atoms with Gasteiger partial charge >= 0.3 is 19.8 Å². The van der Waals surface area contributed by atoms with Gasteiger partial charge in [-0.05, 0) is 51.4 Å². The van der Waals surface area contributed by atoms with Crippen molar-refractivity contribution < 1.29 is 63.1 Å². The number of ether oxygens (including phenoxy) is 2. The van der Waals surface area contributed by atoms with Crippen LogP contribution in [0.15, 0.2) is 60.8 Å². The maximum absolute atomic E-state index is 12.9. The number of allylic oxidation sites excluding steroid dienone is 10. The van der Waals surface area contributed by atoms with Crippen LogP contribution in [0.4, 0.5) is 0 Å². The molecule has 1 fully saturated rings. The van der Waals surface area contributed by atoms with Gasteiger partial charge in [-0.15, -0.1) is 0 Å². The summed E-state index contributed by atoms with van der Waals surface area (Å²) in [5.41, 5.74) is 0. The highest BCUT2D eigenvalue weighted by Crippen LogP contribution is 2.47. The first kappa shape index (κ1) is 63.6. The molecule has 0 aromatic carbocycles. The van der Waals surface area contributed by atoms with E-state index in [4.69, 9.17) is 18.5 Å². The number of aliphatic hydroxyl groups excluding tert-OH is 5. The zero-order valence-corrected chi connectivity index (χ0v) is 43.0. The number of esters is 2. The number of carbonyl (C=O) groups excluding carboxylic acids is 2. The third kappa shape index (κ3) is 34.8. The first-order valence-corrected chi connectivity index (χ1v) is 28.1. The molecule has 14 heteroatoms. The summed E-state index contributed by atoms with van der Waals surface area (Å²) in [6, 6.07) is 0. The zero-order valence-electron chi connectivity index (χ0n) is 42.1. The second-order valence-electron chi connectivity index (χ2n) is 18.4. The fraction of sp³-hybridized carbons (Fsp3) is 0.778. The molecule has 0 saturated heterocycles. The topological polar surface area (TPSA) is 210 Å². The van der Waals surface area contributed by atoms with E-state index in [1.165, 1.54) is 109 Å². The Bertz CT molecular complexity index is 1420. The molecule has 6 unspecified atom stereocenters. The van der Waals surface area contributed by atoms with Crippen molar-refractivity contribution in [3.05, 3.63) is 60.8 Å². The molecule has 13 nitrogen and oxygen atoms in total. The first-order chi connectivity index (χ1) is 32.9. The molecule has 8 atom stereocenters. The minimum absolute atomic E-state index is 0.0860. The summed E-state index contributed by atoms with van der Waals surface area (Å²) in [5.74, 6) is -1.16. The Balaban J connectivity index is 2.40. The summed E-state index contributed by atoms with van der Waals surface area (Å²) >= 11 is 0. The number of phosphoric acid groups is 1. The van der Waals surface area contributed by atoms with E-state index in [1.807, 2.05) is 12.2 Å². The van der Waals surface area contributed by atoms with Gasteiger partial charge in [-0.2, -0.15) is 0 Å². The van der Waals surface area contributed by atoms with Crippen LogP contribution in [0.5, 0.6) is 0 Å². The highest BCUT2D eigenvalue weighted by molar-refractivity contribution is 7.47. The number of unbranched alkanes of at least 4 members (excludes halogenated alkanes) is 22. The van der Waals surface area contributed by atoms with Crippen molar-refractivity contribution in [1.29, 1.82) is 0 Å². The maximum Gasteiger partial charge on any atom is 0.472 e. The van der Waals surface area contributed by atoms with Crippen molar-refractivity contribution >= 4 is 19.8 Å². The van der Waals surface area contributed by atoms with Crippen LogP contribution >= 0.6 is 7.82 Å². The molecule has 68 heavy (non-hydrogen) atoms. The Hall–Kier alpha value is -2.45. The molecule has 1 saturated carbocycles. The fourth-order valence-corrected chi connectivity index (χ4v) is 8.89. The monoisotopic (exact) mass is 983 g/mol. The smallest absolute Gasteiger partial charge is 0.462 e. The standard InChI is InChI=1S/C54H95O13P/c1-3-5-7-9-11-13-15-17-19-21-22-23-24-25-27-29-31-33-35-37-39-41-43-48(56)66-46(45-65-68(62,63)67-54-52(60)50(58)49(57)51(59)53(54)61)44-64-47(55)42-40-38-36-34-32-30-28-26-20-18-16-14-12-10-8-6-4-2/h6,8,12,14,18,20,28,30,34,36,46,49-54,57-61H,3-5,7,9-11,13,15-17,19,21-27,29,31-33,35,37-45H2,1-2H3,(H,62,63)/b8-6+,14-12+,20-18+,30-28+,36-34+/t46-,49?,50+,51?,52?,53?,54?/m1/s1. The number of phosphoric ester groups is 1. The normalized spacial score (nSPS) is 21.5. The van der Waals surface area contributed by atoms with Crippen molar-refractivity contribution in [2.45, 2.75) is 256 Å². The largest absolute Gasteiger partial charge is 0.472 e. The summed E-state index contributed by atoms with van der Waals surface area (Å²) in [7, 11) is -5.14. The summed E-state index contributed by atoms with van der Waals surface area (Å²) in [4.78, 5) is 35.8. The van der Waals surface area contributed by atoms with Gasteiger partial charge < -0.3 is 39.9 Å². The molecule has 0 aromatic heterocycles. The maximum atomic E-state index is 12.9. The van der Waals surface area contributed by atoms with Gasteiger partial charge in [0.15, 0.2) is 6.10 Å². The summed E-state index contributed by atoms with van der Waals surface area (Å²) in [6.45, 7) is 3.17. The number of rotatable bonds is 44. The lowest BCUT2D eigenvalue weighted by atomic mass is 9.85. The molecule has 6 N–H and O–H groups in total. The Morgan fingerprint density at radius 1 is 0.471 bits per heavy atom. The van der Waals surface area contributed by atoms with E-state index >= 15 is 0 Å². The molecule has 0 bridgehead atoms. The van der Waals surface area contributed by atoms with Crippen LogP contribution in [0, 0.1) is 0 Å². The zero-order chi connectivity index (χ0) is 49.9. The Kier molecular flexibility index (Phi) is 40.5. The highest BCUT2D eigenvalue weighted by atomic mass is 31.2. The average Bonchev–Trinajstić information content (AvgIpc) is 3.32. The summed E-state index contributed by atoms with van der Waals surface area (Å²) < 4.78 is 33.6. The van der Waals surface area contributed by atoms with Gasteiger partial charge in [0, 0.05) is 12.8 Å². The minimum atomic E-state index is -5.14. The van der Waals surface area contributed by atoms with E-state index < -0.39 is 75.7 Å². The lowest BCUT2D eigenvalue weighted by molar-refractivity contribution is -0.220. The molecule has 0 amide bonds. The van der Waals surface area contributed by atoms with E-state index in [2.05, 4.69) is 62.5 Å². The van der Waals surface area contributed by atoms with E-state index in [1.54, 1.807) is 0 Å². The molecule has 1 rings (SSSR count). The second-order valence-corrected chi connectivity index (χ2v) is 19.8. The van der Waals surface area contributed by atoms with Crippen LogP contribution in [-0.4, -0.2) is 98.3 Å². The van der Waals surface area contributed by atoms with Gasteiger partial charge in [0.2, 0.25) is 0 Å². The molecule has 1 aliphatic rings. The van der Waals surface area contributed by atoms with E-state index in [9.17, 15) is 44.6 Å². The SMILES string of the molecule is CC/C=C/C/C=C/C/C=C/C/C=C/C/C=C/CCCC(=O)OC[C@H](COP(=O)(O)OC1C(O)C(O)C(O)[C@H](O)C1O)OC(=O)CCCCCCCCCCCCCCCCCCCCCCCC. The Morgan fingerprint density at radius 2 is 0.838 bits per heavy atom. The van der Waals surface area contributed by atoms with Crippen molar-refractivity contribution in [2.24, 2.45) is 0 Å². The first-order valence-electron chi connectivity index (χ1n) is 26.6. The lowest BCUT2D eigenvalue weighted by Gasteiger charge is -2.41. The van der Waals surface area contributed by atoms with Gasteiger partial charge in [0.1, 0.15) is 43.2 Å². The number of hydrogen-bond donors (Lipinski definition) is 6. The van der Waals surface area contributed by atoms with E-state index in [-0.39, 0.29) is 12.8 Å². The molecule has 0 radical (unpaired) electrons. The predicted octanol–water partition coefficient (Wildman–Crippen LogP) is 11.7. The van der Waals surface area contributed by atoms with Gasteiger partial charge in [-0.1, -0.05) is 209 Å². The molecular weight excluding hydrogens is 888 g/mol. The van der Waals surface area contributed by atoms with E-state index in [0.29, 0.717) is 19.3 Å². The van der Waals surface area contributed by atoms with Crippen LogP contribution in [0.25, 0.3) is 0 Å². The van der Waals surface area contributed by atoms with Crippen LogP contribution in [-0.2, 0) is 32.7 Å². The summed E-state index contributed by atoms with van der Waals surface area (Å²) in [5, 5.41) is 50.3. The average molecular weight is 983 g/mol. The minimum Gasteiger partial charge on any atom is -0.462 e. The van der Waals surface area contributed by atoms with Crippen LogP contribution in [0.2, 0.25) is 0 Å². The number of aliphatic hydroxyl groups is 5. The third-order valence-electron chi connectivity index (χ3n) is 12.1. The van der Waals surface area contributed by atoms with Gasteiger partial charge in [0.25, 0.3) is 0 Å². The number of hydrogen-bond acceptors (Lipinski definition) is 12. The fourth-order valence-electron chi connectivity index (χ4n) is 7.91. The predicted molar refractivity (Wildman–Crippen MR) is 272 cm³/mol. The Labute approximate surface area is 411 Å². The molecule has 0 aromatic rings. The lowest BCUT2D eigenvalue weighted by Crippen LogP contribution is -2.64. The Morgan fingerprint density at radius 3 is 1.26 bits per heavy atom. The molecule has 0 aliphatic heterocycles. The van der Waals surface area contributed by atoms with E-state index in [0.717, 1.165) is 57.8 Å². The highest BCUT2D eigenvalue weighted by Gasteiger charge is 2.51. The third-order valence-corrected chi connectivity index (χ3v) is 13.1. The van der Waals surface area contributed by atoms with Crippen molar-refractivity contribution in [2.75, 3.05) is 13.2 Å². The van der Waals surface area contributed by atoms with Crippen molar-refractivity contribution in [3.8, 4) is 0 Å². The van der Waals surface area contributed by atoms with Crippen molar-refractivity contribution in [3.63, 3.8) is 0 Å². The molecule has 1 aliphatic carbocycles. The summed E-state index contributed by atoms with van der Waals surface area (Å²) in [6.07, 6.45) is 41.4. The van der Waals surface area contributed by atoms with Crippen LogP contribution < -0.4 is 0 Å². The number of carbonyl (C=O) groups is 2. The quantitative estimate of drug-likeness (QED) is 0.0145. The van der Waals surface area contributed by atoms with Gasteiger partial charge in [-0.25, -0.2) is 4.57 Å².